The lowest BCUT2D eigenvalue weighted by molar-refractivity contribution is -0.0259. The maximum atomic E-state index is 11.5. The molecule has 0 radical (unpaired) electrons. The molecule has 5 aromatic rings. The third-order valence-corrected chi connectivity index (χ3v) is 20.2. The predicted octanol–water partition coefficient (Wildman–Crippen LogP) is 15.9. The van der Waals surface area contributed by atoms with E-state index in [1.54, 1.807) is 41.5 Å². The van der Waals surface area contributed by atoms with E-state index in [2.05, 4.69) is 0 Å². The van der Waals surface area contributed by atoms with E-state index in [9.17, 15) is 25.5 Å². The highest BCUT2D eigenvalue weighted by Crippen LogP contribution is 2.51. The molecule has 117 heavy (non-hydrogen) atoms. The number of hydrogen-bond acceptors (Lipinski definition) is 20. The van der Waals surface area contributed by atoms with Gasteiger partial charge in [-0.25, -0.2) is 0 Å². The van der Waals surface area contributed by atoms with Crippen LogP contribution in [0.2, 0.25) is 0 Å². The largest absolute Gasteiger partial charge is 0.493 e. The van der Waals surface area contributed by atoms with Crippen LogP contribution in [0.3, 0.4) is 0 Å². The molecule has 652 valence electrons. The maximum absolute atomic E-state index is 11.5. The van der Waals surface area contributed by atoms with Gasteiger partial charge in [0.25, 0.3) is 0 Å². The van der Waals surface area contributed by atoms with Crippen molar-refractivity contribution in [1.82, 2.24) is 24.5 Å². The summed E-state index contributed by atoms with van der Waals surface area (Å²) in [5.74, 6) is -17.2. The fourth-order valence-corrected chi connectivity index (χ4v) is 15.0. The molecule has 5 N–H and O–H groups in total. The standard InChI is InChI=1S/2C20H31NO3.3C19H29NO3/c2*1-20(2,3)11-14-12-21-7-6-13-8-18(23-4)19(24-5)9-15(13)16(21)10-17(14)22;3*1-12(2)7-14-11-20-6-5-13-8-18(22-3)19(23-4)9-15(13)16(20)10-17(14)21/h2*8-9,14,16-17,22H,6-7,10-12H2,1-5H3;3*8-9,12,14,16-17,21H,5-7,10-11H2,1-4H3/i1D3,2D3,8D,9D,10D2,11D2,12D2,14D,17D;1D3,2D3,5D3,8D,9D,11D2,12D2;4D3,8D,9D,10D2,11D2,14D,17D;2*8D,9D,10D2,11D2,14D,17D. The zero-order chi connectivity index (χ0) is 135. The molecule has 10 aliphatic heterocycles. The number of rotatable bonds is 18. The quantitative estimate of drug-likeness (QED) is 0.0552. The normalized spacial score (nSPS) is 44.5. The van der Waals surface area contributed by atoms with Gasteiger partial charge in [-0.3, -0.25) is 24.5 Å². The average Bonchev–Trinajstić information content (AvgIpc) is 0.635. The fourth-order valence-electron chi connectivity index (χ4n) is 15.0. The smallest absolute Gasteiger partial charge is 0.161 e. The van der Waals surface area contributed by atoms with E-state index in [0.717, 1.165) is 26.7 Å². The topological polar surface area (TPSA) is 210 Å². The fraction of sp³-hybridized carbons (Fsp3) is 0.691. The van der Waals surface area contributed by atoms with Crippen molar-refractivity contribution in [2.24, 2.45) is 58.1 Å². The second kappa shape index (κ2) is 40.1. The van der Waals surface area contributed by atoms with Crippen molar-refractivity contribution in [1.29, 1.82) is 0 Å². The van der Waals surface area contributed by atoms with E-state index in [4.69, 9.17) is 127 Å². The van der Waals surface area contributed by atoms with Crippen LogP contribution in [0.4, 0.5) is 0 Å². The van der Waals surface area contributed by atoms with E-state index >= 15 is 0 Å². The first-order chi connectivity index (χ1) is 78.5. The molecule has 5 aromatic carbocycles. The van der Waals surface area contributed by atoms with Gasteiger partial charge >= 0.3 is 0 Å². The number of hydrogen-bond donors (Lipinski definition) is 5. The summed E-state index contributed by atoms with van der Waals surface area (Å²) >= 11 is 0. The van der Waals surface area contributed by atoms with Crippen LogP contribution in [-0.2, 0) is 32.1 Å². The first-order valence-electron chi connectivity index (χ1n) is 67.5. The summed E-state index contributed by atoms with van der Waals surface area (Å²) in [5, 5.41) is 56.1. The van der Waals surface area contributed by atoms with Crippen LogP contribution in [0.5, 0.6) is 57.5 Å². The van der Waals surface area contributed by atoms with Crippen molar-refractivity contribution >= 4 is 0 Å². The molecule has 0 spiro atoms. The summed E-state index contributed by atoms with van der Waals surface area (Å²) in [5.41, 5.74) is -6.38. The van der Waals surface area contributed by atoms with Crippen LogP contribution in [0.1, 0.15) is 312 Å². The van der Waals surface area contributed by atoms with Gasteiger partial charge in [-0.2, -0.15) is 0 Å². The van der Waals surface area contributed by atoms with Gasteiger partial charge in [0.15, 0.2) is 57.5 Å². The van der Waals surface area contributed by atoms with Crippen LogP contribution in [0.15, 0.2) is 60.4 Å². The summed E-state index contributed by atoms with van der Waals surface area (Å²) in [6.45, 7) is -18.1. The van der Waals surface area contributed by atoms with Crippen LogP contribution in [-0.4, -0.2) is 217 Å². The second-order valence-electron chi connectivity index (χ2n) is 30.6. The van der Waals surface area contributed by atoms with Crippen molar-refractivity contribution in [3.63, 3.8) is 0 Å². The van der Waals surface area contributed by atoms with Crippen molar-refractivity contribution in [3.05, 3.63) is 116 Å². The SMILES string of the molecule is [2H]c1c2c(c([2H])c(OC([2H])([2H])[2H])c1OC)C1CC(O)C(C([2H])([2H])C(C)(C([2H])([2H])[2H])C([2H])([2H])[2H])C([2H])([2H])N1CC2.[2H]c1c2c(c([2H])c(OC([2H])([2H])[2H])c1OC)C1N(CC2)C([2H])([2H])C([2H])(CC(C)C)C([2H])(O)C1([2H])[2H].[2H]c1c2c(c([2H])c(OC)c1OC)C1N(CC2)C([2H])([2H])C([2H])(C([2H])([2H])C(C)(C([2H])([2H])[2H])C([2H])([2H])[2H])C([2H])(O)C1([2H])[2H].[2H]c1c2c(c([2H])c(OC)c1OC)C1N(CC2)C([2H])([2H])C([2H])(CC(C)C)C([2H])(O)C1([2H])[2H].[2H]c1c2c(c([2H])c(OC)c1OC)C1N(CC2)C([2H])([2H])C([2H])(CC(C)C)C([2H])(O)C1([2H])[2H]. The van der Waals surface area contributed by atoms with Crippen molar-refractivity contribution in [3.8, 4) is 57.5 Å². The molecule has 0 aromatic heterocycles. The Bertz CT molecular complexity index is 6750. The van der Waals surface area contributed by atoms with Gasteiger partial charge in [0.1, 0.15) is 0 Å². The highest BCUT2D eigenvalue weighted by Gasteiger charge is 2.45. The number of benzene rings is 5. The Morgan fingerprint density at radius 1 is 0.368 bits per heavy atom. The van der Waals surface area contributed by atoms with Crippen LogP contribution in [0, 0.1) is 58.1 Å². The zero-order valence-corrected chi connectivity index (χ0v) is 68.7. The van der Waals surface area contributed by atoms with E-state index in [-0.39, 0.29) is 228 Å². The molecule has 10 aliphatic rings. The summed E-state index contributed by atoms with van der Waals surface area (Å²) in [6, 6.07) is -11.6. The van der Waals surface area contributed by atoms with Crippen LogP contribution < -0.4 is 47.4 Å². The molecule has 0 amide bonds. The van der Waals surface area contributed by atoms with E-state index in [1.165, 1.54) is 49.8 Å². The summed E-state index contributed by atoms with van der Waals surface area (Å²) < 4.78 is 540. The third-order valence-electron chi connectivity index (χ3n) is 20.2. The number of nitrogens with zero attached hydrogens (tertiary/aromatic N) is 5. The lowest BCUT2D eigenvalue weighted by atomic mass is 9.75. The number of methoxy groups -OCH3 is 10. The Kier molecular flexibility index (Phi) is 14.3. The van der Waals surface area contributed by atoms with Crippen LogP contribution in [0.25, 0.3) is 0 Å². The minimum absolute atomic E-state index is 0.00897. The molecule has 0 aliphatic carbocycles. The lowest BCUT2D eigenvalue weighted by Gasteiger charge is -2.47. The zero-order valence-electron chi connectivity index (χ0n) is 127. The molecule has 20 nitrogen and oxygen atoms in total. The van der Waals surface area contributed by atoms with Gasteiger partial charge in [-0.05, 0) is 270 Å². The molecule has 5 fully saturated rings. The van der Waals surface area contributed by atoms with Crippen molar-refractivity contribution < 1.29 is 152 Å². The van der Waals surface area contributed by atoms with Gasteiger partial charge in [0.2, 0.25) is 0 Å². The van der Waals surface area contributed by atoms with E-state index < -0.39 is 256 Å². The summed E-state index contributed by atoms with van der Waals surface area (Å²) in [4.78, 5) is 4.98. The Morgan fingerprint density at radius 3 is 0.872 bits per heavy atom. The molecule has 20 heteroatoms. The van der Waals surface area contributed by atoms with E-state index in [1.807, 2.05) is 0 Å². The summed E-state index contributed by atoms with van der Waals surface area (Å²) in [7, 11) is 3.89. The first-order valence-corrected chi connectivity index (χ1v) is 38.5. The molecule has 15 rings (SSSR count). The minimum atomic E-state index is -4.16. The second-order valence-corrected chi connectivity index (χ2v) is 30.6. The molecular weight excluding hydrogens is 1480 g/mol. The van der Waals surface area contributed by atoms with Gasteiger partial charge in [0, 0.05) is 148 Å². The summed E-state index contributed by atoms with van der Waals surface area (Å²) in [6.07, 6.45) is -36.5. The number of ether oxygens (including phenoxy) is 10. The molecule has 0 bridgehead atoms. The molecule has 15 unspecified atom stereocenters. The number of aliphatic hydroxyl groups excluding tert-OH is 1. The van der Waals surface area contributed by atoms with Gasteiger partial charge in [-0.1, -0.05) is 82.8 Å². The Hall–Kier alpha value is -6.30. The van der Waals surface area contributed by atoms with Crippen LogP contribution >= 0.6 is 0 Å². The number of fused-ring (bicyclic) bond motifs is 15. The highest BCUT2D eigenvalue weighted by atomic mass is 16.5. The monoisotopic (exact) mass is 1680 g/mol. The third kappa shape index (κ3) is 22.0. The first kappa shape index (κ1) is 41.7. The van der Waals surface area contributed by atoms with E-state index in [0.29, 0.717) is 29.9 Å². The lowest BCUT2D eigenvalue weighted by Crippen LogP contribution is -2.48. The Morgan fingerprint density at radius 2 is 0.607 bits per heavy atom. The number of piperidine rings is 5. The average molecular weight is 1680 g/mol. The molecule has 10 heterocycles. The molecule has 0 saturated carbocycles. The van der Waals surface area contributed by atoms with Gasteiger partial charge in [-0.15, -0.1) is 0 Å². The highest BCUT2D eigenvalue weighted by molar-refractivity contribution is 5.54. The predicted molar refractivity (Wildman–Crippen MR) is 465 cm³/mol. The maximum Gasteiger partial charge on any atom is 0.161 e. The number of aliphatic hydroxyl groups is 5. The van der Waals surface area contributed by atoms with Gasteiger partial charge in [0.05, 0.1) is 129 Å². The van der Waals surface area contributed by atoms with Gasteiger partial charge < -0.3 is 72.9 Å². The molecular formula is C97H149N5O15. The molecule has 15 atom stereocenters. The molecule has 5 saturated heterocycles. The Labute approximate surface area is 783 Å². The minimum Gasteiger partial charge on any atom is -0.493 e. The Balaban J connectivity index is 0.000000204. The van der Waals surface area contributed by atoms with Crippen molar-refractivity contribution in [2.45, 2.75) is 239 Å². The van der Waals surface area contributed by atoms with Crippen molar-refractivity contribution in [2.75, 3.05) is 136 Å².